The van der Waals surface area contributed by atoms with Gasteiger partial charge < -0.3 is 20.9 Å². The minimum Gasteiger partial charge on any atom is -0.493 e. The number of amides is 1. The van der Waals surface area contributed by atoms with Gasteiger partial charge >= 0.3 is 0 Å². The van der Waals surface area contributed by atoms with Crippen LogP contribution in [0.2, 0.25) is 0 Å². The van der Waals surface area contributed by atoms with E-state index in [1.54, 1.807) is 32.6 Å². The highest BCUT2D eigenvalue weighted by molar-refractivity contribution is 5.92. The van der Waals surface area contributed by atoms with E-state index in [1.165, 1.54) is 11.1 Å². The van der Waals surface area contributed by atoms with Crippen molar-refractivity contribution in [1.29, 1.82) is 0 Å². The van der Waals surface area contributed by atoms with E-state index in [0.717, 1.165) is 29.7 Å². The predicted octanol–water partition coefficient (Wildman–Crippen LogP) is 2.87. The van der Waals surface area contributed by atoms with Gasteiger partial charge in [-0.15, -0.1) is 0 Å². The third-order valence-corrected chi connectivity index (χ3v) is 6.49. The summed E-state index contributed by atoms with van der Waals surface area (Å²) in [4.78, 5) is 21.6. The van der Waals surface area contributed by atoms with Gasteiger partial charge in [-0.05, 0) is 41.7 Å². The van der Waals surface area contributed by atoms with Gasteiger partial charge in [0.05, 0.1) is 14.2 Å². The van der Waals surface area contributed by atoms with Gasteiger partial charge in [-0.3, -0.25) is 4.79 Å². The van der Waals surface area contributed by atoms with Gasteiger partial charge in [-0.2, -0.15) is 9.99 Å². The first-order valence-corrected chi connectivity index (χ1v) is 12.3. The lowest BCUT2D eigenvalue weighted by Gasteiger charge is -2.34. The molecule has 1 amide bonds. The van der Waals surface area contributed by atoms with Crippen molar-refractivity contribution >= 4 is 23.7 Å². The quantitative estimate of drug-likeness (QED) is 0.244. The molecule has 6 N–H and O–H groups in total. The van der Waals surface area contributed by atoms with Crippen molar-refractivity contribution in [2.45, 2.75) is 39.3 Å². The zero-order valence-electron chi connectivity index (χ0n) is 21.8. The summed E-state index contributed by atoms with van der Waals surface area (Å²) in [6, 6.07) is 12.2. The molecule has 0 spiro atoms. The fourth-order valence-corrected chi connectivity index (χ4v) is 4.77. The molecule has 4 rings (SSSR count). The maximum Gasteiger partial charge on any atom is 0.291 e. The molecule has 0 saturated heterocycles. The van der Waals surface area contributed by atoms with Crippen LogP contribution < -0.4 is 26.4 Å². The lowest BCUT2D eigenvalue weighted by Crippen LogP contribution is -2.95. The van der Waals surface area contributed by atoms with Crippen LogP contribution >= 0.6 is 0 Å². The second-order valence-electron chi connectivity index (χ2n) is 9.55. The number of fused-ring (bicyclic) bond motifs is 1. The van der Waals surface area contributed by atoms with Gasteiger partial charge in [-0.1, -0.05) is 38.1 Å². The number of hydrogen-bond acceptors (Lipinski definition) is 7. The topological polar surface area (TPSA) is 133 Å². The fourth-order valence-electron chi connectivity index (χ4n) is 4.77. The Morgan fingerprint density at radius 2 is 2.00 bits per heavy atom. The first-order valence-electron chi connectivity index (χ1n) is 12.3. The van der Waals surface area contributed by atoms with Crippen molar-refractivity contribution in [3.63, 3.8) is 0 Å². The minimum atomic E-state index is -0.0808. The molecule has 0 unspecified atom stereocenters. The van der Waals surface area contributed by atoms with Crippen LogP contribution in [0.5, 0.6) is 11.5 Å². The van der Waals surface area contributed by atoms with Crippen molar-refractivity contribution in [2.24, 2.45) is 5.92 Å². The zero-order chi connectivity index (χ0) is 26.5. The highest BCUT2D eigenvalue weighted by Crippen LogP contribution is 2.35. The number of carbonyl (C=O) groups is 1. The smallest absolute Gasteiger partial charge is 0.291 e. The summed E-state index contributed by atoms with van der Waals surface area (Å²) in [5.41, 5.74) is 18.5. The van der Waals surface area contributed by atoms with E-state index >= 15 is 0 Å². The SMILES string of the molecule is COc1cc(Cc2cnc(N)nc2N)cc(/C=C/C(=O)N2[NH2+]Cc3ccccc3[C@@H]2CC(C)C)c1OC. The summed E-state index contributed by atoms with van der Waals surface area (Å²) >= 11 is 0. The summed E-state index contributed by atoms with van der Waals surface area (Å²) in [5, 5.41) is 1.86. The van der Waals surface area contributed by atoms with Crippen LogP contribution in [0.1, 0.15) is 54.1 Å². The molecule has 2 aromatic carbocycles. The van der Waals surface area contributed by atoms with Gasteiger partial charge in [-0.25, -0.2) is 10.4 Å². The number of benzene rings is 2. The van der Waals surface area contributed by atoms with Crippen LogP contribution in [0.15, 0.2) is 48.7 Å². The number of rotatable bonds is 8. The van der Waals surface area contributed by atoms with Crippen molar-refractivity contribution in [2.75, 3.05) is 25.7 Å². The lowest BCUT2D eigenvalue weighted by molar-refractivity contribution is -0.811. The monoisotopic (exact) mass is 503 g/mol. The van der Waals surface area contributed by atoms with Gasteiger partial charge in [0.2, 0.25) is 5.95 Å². The Balaban J connectivity index is 1.64. The molecule has 0 fully saturated rings. The summed E-state index contributed by atoms with van der Waals surface area (Å²) in [5.74, 6) is 1.91. The zero-order valence-corrected chi connectivity index (χ0v) is 21.8. The first kappa shape index (κ1) is 26.0. The Kier molecular flexibility index (Phi) is 7.93. The van der Waals surface area contributed by atoms with Gasteiger partial charge in [0.1, 0.15) is 18.4 Å². The highest BCUT2D eigenvalue weighted by atomic mass is 16.5. The van der Waals surface area contributed by atoms with Gasteiger partial charge in [0.15, 0.2) is 11.5 Å². The Hall–Kier alpha value is -4.11. The van der Waals surface area contributed by atoms with Crippen LogP contribution in [0, 0.1) is 5.92 Å². The Morgan fingerprint density at radius 1 is 1.22 bits per heavy atom. The number of hydrogen-bond donors (Lipinski definition) is 3. The molecule has 9 heteroatoms. The van der Waals surface area contributed by atoms with Crippen LogP contribution in [0.4, 0.5) is 11.8 Å². The van der Waals surface area contributed by atoms with Gasteiger partial charge in [0.25, 0.3) is 5.91 Å². The summed E-state index contributed by atoms with van der Waals surface area (Å²) in [6.45, 7) is 5.08. The molecule has 3 aromatic rings. The van der Waals surface area contributed by atoms with Crippen LogP contribution in [0.25, 0.3) is 6.08 Å². The molecule has 0 bridgehead atoms. The van der Waals surface area contributed by atoms with Crippen LogP contribution in [0.3, 0.4) is 0 Å². The lowest BCUT2D eigenvalue weighted by atomic mass is 9.91. The normalized spacial score (nSPS) is 15.2. The molecule has 9 nitrogen and oxygen atoms in total. The largest absolute Gasteiger partial charge is 0.493 e. The predicted molar refractivity (Wildman–Crippen MR) is 143 cm³/mol. The number of quaternary nitrogens is 1. The Bertz CT molecular complexity index is 1310. The second-order valence-corrected chi connectivity index (χ2v) is 9.55. The minimum absolute atomic E-state index is 0.00152. The molecule has 1 aliphatic rings. The van der Waals surface area contributed by atoms with E-state index in [0.29, 0.717) is 29.7 Å². The van der Waals surface area contributed by atoms with Crippen molar-refractivity contribution < 1.29 is 19.7 Å². The number of nitrogen functional groups attached to an aromatic ring is 2. The second kappa shape index (κ2) is 11.3. The van der Waals surface area contributed by atoms with E-state index in [9.17, 15) is 4.79 Å². The van der Waals surface area contributed by atoms with Crippen molar-refractivity contribution in [1.82, 2.24) is 15.0 Å². The highest BCUT2D eigenvalue weighted by Gasteiger charge is 2.33. The summed E-state index contributed by atoms with van der Waals surface area (Å²) in [7, 11) is 3.16. The maximum atomic E-state index is 13.5. The Labute approximate surface area is 217 Å². The van der Waals surface area contributed by atoms with Crippen molar-refractivity contribution in [3.05, 3.63) is 76.5 Å². The molecule has 0 radical (unpaired) electrons. The first-order chi connectivity index (χ1) is 17.8. The van der Waals surface area contributed by atoms with Crippen LogP contribution in [-0.2, 0) is 17.8 Å². The molecule has 1 aromatic heterocycles. The maximum absolute atomic E-state index is 13.5. The fraction of sp³-hybridized carbons (Fsp3) is 0.321. The molecule has 2 heterocycles. The molecular formula is C28H35N6O3+. The Morgan fingerprint density at radius 3 is 2.70 bits per heavy atom. The van der Waals surface area contributed by atoms with Crippen molar-refractivity contribution in [3.8, 4) is 11.5 Å². The number of anilines is 2. The molecular weight excluding hydrogens is 468 g/mol. The number of nitrogens with zero attached hydrogens (tertiary/aromatic N) is 3. The molecule has 194 valence electrons. The van der Waals surface area contributed by atoms with E-state index in [2.05, 4.69) is 35.9 Å². The van der Waals surface area contributed by atoms with E-state index in [1.807, 2.05) is 34.7 Å². The van der Waals surface area contributed by atoms with E-state index in [-0.39, 0.29) is 17.9 Å². The third-order valence-electron chi connectivity index (χ3n) is 6.49. The van der Waals surface area contributed by atoms with E-state index < -0.39 is 0 Å². The molecule has 1 atom stereocenters. The van der Waals surface area contributed by atoms with Gasteiger partial charge in [0, 0.05) is 35.4 Å². The molecule has 37 heavy (non-hydrogen) atoms. The molecule has 0 aliphatic carbocycles. The molecule has 1 aliphatic heterocycles. The number of methoxy groups -OCH3 is 2. The average Bonchev–Trinajstić information content (AvgIpc) is 2.88. The molecule has 0 saturated carbocycles. The average molecular weight is 504 g/mol. The number of ether oxygens (including phenoxy) is 2. The number of nitrogens with two attached hydrogens (primary N) is 3. The van der Waals surface area contributed by atoms with E-state index in [4.69, 9.17) is 20.9 Å². The standard InChI is InChI=1S/C28H34N6O3/c1-17(2)11-23-22-8-6-5-7-20(22)16-32-34(23)25(35)10-9-19-12-18(14-24(36-3)26(19)37-4)13-21-15-31-28(30)33-27(21)29/h5-10,12,14-15,17,23,32H,11,13,16H2,1-4H3,(H4,29,30,31,33)/p+1/b10-9+/t23-/m0/s1. The van der Waals surface area contributed by atoms with Crippen LogP contribution in [-0.4, -0.2) is 35.1 Å². The third kappa shape index (κ3) is 5.83. The number of aromatic nitrogens is 2. The summed E-state index contributed by atoms with van der Waals surface area (Å²) in [6.07, 6.45) is 6.34. The number of carbonyl (C=O) groups excluding carboxylic acids is 1. The summed E-state index contributed by atoms with van der Waals surface area (Å²) < 4.78 is 11.2.